The fraction of sp³-hybridized carbons (Fsp3) is 0.500. The molecule has 2 aromatic rings. The standard InChI is InChI=1S/C12H13ClN2.C12H14ClNO2/c1-12(2)5-3-4-8-6-9(7-14)11(13)15-10(8)12;1-12(2)5-3-4-7-6-8(11(15)16)10(13)14-9(7)12/h6H,3-5H2,1-2H3;6H,3-5H2,1-2H3,(H,15,16). The highest BCUT2D eigenvalue weighted by Crippen LogP contribution is 2.38. The Morgan fingerprint density at radius 2 is 1.45 bits per heavy atom. The van der Waals surface area contributed by atoms with Gasteiger partial charge in [0.25, 0.3) is 0 Å². The summed E-state index contributed by atoms with van der Waals surface area (Å²) in [6, 6.07) is 5.65. The lowest BCUT2D eigenvalue weighted by atomic mass is 9.76. The summed E-state index contributed by atoms with van der Waals surface area (Å²) in [6.07, 6.45) is 6.34. The zero-order valence-electron chi connectivity index (χ0n) is 18.4. The normalized spacial score (nSPS) is 18.0. The number of aromatic nitrogens is 2. The van der Waals surface area contributed by atoms with E-state index in [9.17, 15) is 4.79 Å². The van der Waals surface area contributed by atoms with Crippen LogP contribution in [0.25, 0.3) is 0 Å². The van der Waals surface area contributed by atoms with E-state index in [1.54, 1.807) is 6.07 Å². The predicted molar refractivity (Wildman–Crippen MR) is 122 cm³/mol. The molecule has 7 heteroatoms. The van der Waals surface area contributed by atoms with Gasteiger partial charge in [0.15, 0.2) is 0 Å². The van der Waals surface area contributed by atoms with Crippen LogP contribution in [-0.4, -0.2) is 21.0 Å². The number of carboxylic acids is 1. The van der Waals surface area contributed by atoms with E-state index in [2.05, 4.69) is 43.7 Å². The van der Waals surface area contributed by atoms with Gasteiger partial charge in [-0.15, -0.1) is 0 Å². The third kappa shape index (κ3) is 4.86. The molecule has 0 saturated heterocycles. The van der Waals surface area contributed by atoms with E-state index in [-0.39, 0.29) is 21.5 Å². The second-order valence-corrected chi connectivity index (χ2v) is 10.3. The summed E-state index contributed by atoms with van der Waals surface area (Å²) in [4.78, 5) is 19.6. The molecule has 0 atom stereocenters. The number of aryl methyl sites for hydroxylation is 2. The van der Waals surface area contributed by atoms with Crippen molar-refractivity contribution in [2.24, 2.45) is 0 Å². The Labute approximate surface area is 193 Å². The quantitative estimate of drug-likeness (QED) is 0.507. The van der Waals surface area contributed by atoms with Crippen LogP contribution in [0.15, 0.2) is 12.1 Å². The number of rotatable bonds is 1. The molecule has 2 aliphatic rings. The average Bonchev–Trinajstić information content (AvgIpc) is 2.68. The number of nitrogens with zero attached hydrogens (tertiary/aromatic N) is 3. The largest absolute Gasteiger partial charge is 0.478 e. The third-order valence-electron chi connectivity index (χ3n) is 6.24. The molecule has 1 N–H and O–H groups in total. The van der Waals surface area contributed by atoms with Crippen molar-refractivity contribution >= 4 is 29.2 Å². The van der Waals surface area contributed by atoms with Crippen molar-refractivity contribution in [1.29, 1.82) is 5.26 Å². The Bertz CT molecular complexity index is 1070. The molecule has 5 nitrogen and oxygen atoms in total. The molecule has 164 valence electrons. The van der Waals surface area contributed by atoms with Crippen molar-refractivity contribution in [3.8, 4) is 6.07 Å². The smallest absolute Gasteiger partial charge is 0.338 e. The number of halogens is 2. The predicted octanol–water partition coefficient (Wildman–Crippen LogP) is 6.27. The Morgan fingerprint density at radius 3 is 1.94 bits per heavy atom. The molecule has 0 radical (unpaired) electrons. The monoisotopic (exact) mass is 459 g/mol. The minimum absolute atomic E-state index is 0.00570. The molecule has 31 heavy (non-hydrogen) atoms. The Hall–Kier alpha value is -2.16. The summed E-state index contributed by atoms with van der Waals surface area (Å²) < 4.78 is 0. The highest BCUT2D eigenvalue weighted by atomic mass is 35.5. The van der Waals surface area contributed by atoms with E-state index < -0.39 is 5.97 Å². The molecule has 0 aromatic carbocycles. The van der Waals surface area contributed by atoms with E-state index in [1.807, 2.05) is 6.07 Å². The lowest BCUT2D eigenvalue weighted by Gasteiger charge is -2.31. The van der Waals surface area contributed by atoms with Crippen molar-refractivity contribution < 1.29 is 9.90 Å². The number of carboxylic acid groups (broad SMARTS) is 1. The topological polar surface area (TPSA) is 86.9 Å². The summed E-state index contributed by atoms with van der Waals surface area (Å²) in [5, 5.41) is 18.3. The van der Waals surface area contributed by atoms with E-state index in [0.29, 0.717) is 10.7 Å². The van der Waals surface area contributed by atoms with Gasteiger partial charge in [-0.05, 0) is 61.8 Å². The first-order valence-electron chi connectivity index (χ1n) is 10.5. The summed E-state index contributed by atoms with van der Waals surface area (Å²) >= 11 is 11.8. The third-order valence-corrected chi connectivity index (χ3v) is 6.81. The summed E-state index contributed by atoms with van der Waals surface area (Å²) in [7, 11) is 0. The van der Waals surface area contributed by atoms with Crippen LogP contribution >= 0.6 is 23.2 Å². The van der Waals surface area contributed by atoms with Gasteiger partial charge in [0.2, 0.25) is 0 Å². The highest BCUT2D eigenvalue weighted by Gasteiger charge is 2.31. The molecule has 0 spiro atoms. The zero-order chi connectivity index (χ0) is 23.0. The molecule has 0 unspecified atom stereocenters. The van der Waals surface area contributed by atoms with Gasteiger partial charge >= 0.3 is 5.97 Å². The van der Waals surface area contributed by atoms with Crippen LogP contribution in [0, 0.1) is 11.3 Å². The van der Waals surface area contributed by atoms with Gasteiger partial charge in [-0.2, -0.15) is 5.26 Å². The summed E-state index contributed by atoms with van der Waals surface area (Å²) in [5.74, 6) is -1.01. The van der Waals surface area contributed by atoms with Crippen molar-refractivity contribution in [1.82, 2.24) is 9.97 Å². The first-order valence-corrected chi connectivity index (χ1v) is 11.2. The minimum Gasteiger partial charge on any atom is -0.478 e. The number of hydrogen-bond acceptors (Lipinski definition) is 4. The maximum absolute atomic E-state index is 10.9. The summed E-state index contributed by atoms with van der Waals surface area (Å²) in [5.41, 5.74) is 4.92. The van der Waals surface area contributed by atoms with Gasteiger partial charge < -0.3 is 5.11 Å². The number of fused-ring (bicyclic) bond motifs is 2. The second-order valence-electron chi connectivity index (χ2n) is 9.56. The SMILES string of the molecule is CC1(C)CCCc2cc(C#N)c(Cl)nc21.CC1(C)CCCc2cc(C(=O)O)c(Cl)nc21. The molecule has 2 heterocycles. The molecule has 0 bridgehead atoms. The number of nitriles is 1. The van der Waals surface area contributed by atoms with Gasteiger partial charge in [0.1, 0.15) is 16.4 Å². The average molecular weight is 460 g/mol. The lowest BCUT2D eigenvalue weighted by Crippen LogP contribution is -2.26. The van der Waals surface area contributed by atoms with Crippen LogP contribution in [-0.2, 0) is 23.7 Å². The first kappa shape index (κ1) is 23.5. The lowest BCUT2D eigenvalue weighted by molar-refractivity contribution is 0.0696. The van der Waals surface area contributed by atoms with Crippen LogP contribution in [0.4, 0.5) is 0 Å². The van der Waals surface area contributed by atoms with E-state index >= 15 is 0 Å². The maximum Gasteiger partial charge on any atom is 0.338 e. The Morgan fingerprint density at radius 1 is 0.968 bits per heavy atom. The van der Waals surface area contributed by atoms with Crippen molar-refractivity contribution in [2.45, 2.75) is 77.0 Å². The van der Waals surface area contributed by atoms with Crippen molar-refractivity contribution in [3.63, 3.8) is 0 Å². The van der Waals surface area contributed by atoms with Crippen LogP contribution in [0.1, 0.15) is 91.8 Å². The first-order chi connectivity index (χ1) is 14.5. The van der Waals surface area contributed by atoms with E-state index in [1.165, 1.54) is 5.56 Å². The Balaban J connectivity index is 0.000000176. The molecular formula is C24H27Cl2N3O2. The van der Waals surface area contributed by atoms with E-state index in [4.69, 9.17) is 33.6 Å². The van der Waals surface area contributed by atoms with Crippen LogP contribution in [0.2, 0.25) is 10.3 Å². The highest BCUT2D eigenvalue weighted by molar-refractivity contribution is 6.32. The fourth-order valence-corrected chi connectivity index (χ4v) is 4.93. The van der Waals surface area contributed by atoms with Crippen LogP contribution in [0.3, 0.4) is 0 Å². The van der Waals surface area contributed by atoms with Gasteiger partial charge in [-0.1, -0.05) is 50.9 Å². The van der Waals surface area contributed by atoms with Crippen molar-refractivity contribution in [3.05, 3.63) is 56.1 Å². The summed E-state index contributed by atoms with van der Waals surface area (Å²) in [6.45, 7) is 8.60. The number of aromatic carboxylic acids is 1. The molecule has 0 aliphatic heterocycles. The molecule has 2 aliphatic carbocycles. The molecule has 0 fully saturated rings. The molecule has 0 amide bonds. The molecule has 4 rings (SSSR count). The Kier molecular flexibility index (Phi) is 6.64. The number of hydrogen-bond donors (Lipinski definition) is 1. The minimum atomic E-state index is -1.01. The maximum atomic E-state index is 10.9. The van der Waals surface area contributed by atoms with Crippen LogP contribution in [0.5, 0.6) is 0 Å². The number of carbonyl (C=O) groups is 1. The fourth-order valence-electron chi connectivity index (χ4n) is 4.52. The van der Waals surface area contributed by atoms with Gasteiger partial charge in [-0.25, -0.2) is 14.8 Å². The van der Waals surface area contributed by atoms with Gasteiger partial charge in [-0.3, -0.25) is 0 Å². The van der Waals surface area contributed by atoms with Gasteiger partial charge in [0, 0.05) is 10.8 Å². The molecular weight excluding hydrogens is 433 g/mol. The van der Waals surface area contributed by atoms with Gasteiger partial charge in [0.05, 0.1) is 22.5 Å². The van der Waals surface area contributed by atoms with E-state index in [0.717, 1.165) is 55.5 Å². The number of pyridine rings is 2. The molecule has 0 saturated carbocycles. The second kappa shape index (κ2) is 8.76. The van der Waals surface area contributed by atoms with Crippen molar-refractivity contribution in [2.75, 3.05) is 0 Å². The van der Waals surface area contributed by atoms with Crippen LogP contribution < -0.4 is 0 Å². The molecule has 2 aromatic heterocycles. The zero-order valence-corrected chi connectivity index (χ0v) is 19.9.